The standard InChI is InChI=1S/C11H16O/c1-8-5-6-10-9(7-8)3-2-4-11(10)12/h5,9-10H,2-4,6-7H2,1H3. The summed E-state index contributed by atoms with van der Waals surface area (Å²) in [4.78, 5) is 11.5. The van der Waals surface area contributed by atoms with E-state index in [4.69, 9.17) is 0 Å². The van der Waals surface area contributed by atoms with E-state index in [0.717, 1.165) is 19.3 Å². The summed E-state index contributed by atoms with van der Waals surface area (Å²) < 4.78 is 0. The van der Waals surface area contributed by atoms with Gasteiger partial charge in [-0.05, 0) is 38.5 Å². The van der Waals surface area contributed by atoms with E-state index < -0.39 is 0 Å². The molecule has 1 fully saturated rings. The zero-order valence-corrected chi connectivity index (χ0v) is 7.68. The summed E-state index contributed by atoms with van der Waals surface area (Å²) in [6.45, 7) is 2.19. The van der Waals surface area contributed by atoms with Crippen LogP contribution < -0.4 is 0 Å². The predicted octanol–water partition coefficient (Wildman–Crippen LogP) is 2.71. The van der Waals surface area contributed by atoms with Crippen molar-refractivity contribution < 1.29 is 4.79 Å². The summed E-state index contributed by atoms with van der Waals surface area (Å²) >= 11 is 0. The minimum atomic E-state index is 0.391. The molecule has 0 aliphatic heterocycles. The van der Waals surface area contributed by atoms with Crippen LogP contribution in [0.5, 0.6) is 0 Å². The molecule has 1 saturated carbocycles. The van der Waals surface area contributed by atoms with Crippen molar-refractivity contribution in [3.8, 4) is 0 Å². The minimum Gasteiger partial charge on any atom is -0.299 e. The van der Waals surface area contributed by atoms with Crippen molar-refractivity contribution in [2.45, 2.75) is 39.0 Å². The number of carbonyl (C=O) groups is 1. The van der Waals surface area contributed by atoms with Gasteiger partial charge in [0.1, 0.15) is 5.78 Å². The van der Waals surface area contributed by atoms with Gasteiger partial charge in [-0.2, -0.15) is 0 Å². The first kappa shape index (κ1) is 8.03. The average molecular weight is 164 g/mol. The van der Waals surface area contributed by atoms with Gasteiger partial charge in [-0.25, -0.2) is 0 Å². The van der Waals surface area contributed by atoms with Gasteiger partial charge in [0.15, 0.2) is 0 Å². The second-order valence-corrected chi connectivity index (χ2v) is 4.22. The van der Waals surface area contributed by atoms with Crippen LogP contribution in [-0.4, -0.2) is 5.78 Å². The molecule has 0 aromatic rings. The lowest BCUT2D eigenvalue weighted by Gasteiger charge is -2.33. The zero-order valence-electron chi connectivity index (χ0n) is 7.68. The molecule has 0 N–H and O–H groups in total. The molecule has 0 spiro atoms. The van der Waals surface area contributed by atoms with E-state index in [1.807, 2.05) is 0 Å². The molecular weight excluding hydrogens is 148 g/mol. The monoisotopic (exact) mass is 164 g/mol. The maximum absolute atomic E-state index is 11.5. The van der Waals surface area contributed by atoms with E-state index in [1.54, 1.807) is 0 Å². The number of fused-ring (bicyclic) bond motifs is 1. The number of carbonyl (C=O) groups excluding carboxylic acids is 1. The summed E-state index contributed by atoms with van der Waals surface area (Å²) in [5.74, 6) is 1.61. The van der Waals surface area contributed by atoms with Crippen molar-refractivity contribution >= 4 is 5.78 Å². The van der Waals surface area contributed by atoms with Crippen LogP contribution in [0.4, 0.5) is 0 Å². The molecule has 0 amide bonds. The van der Waals surface area contributed by atoms with Gasteiger partial charge in [0.05, 0.1) is 0 Å². The number of hydrogen-bond donors (Lipinski definition) is 0. The van der Waals surface area contributed by atoms with Crippen LogP contribution in [-0.2, 0) is 4.79 Å². The first-order chi connectivity index (χ1) is 5.77. The van der Waals surface area contributed by atoms with Gasteiger partial charge < -0.3 is 0 Å². The topological polar surface area (TPSA) is 17.1 Å². The van der Waals surface area contributed by atoms with Crippen molar-refractivity contribution in [2.75, 3.05) is 0 Å². The van der Waals surface area contributed by atoms with E-state index in [9.17, 15) is 4.79 Å². The van der Waals surface area contributed by atoms with E-state index in [1.165, 1.54) is 18.4 Å². The predicted molar refractivity (Wildman–Crippen MR) is 48.8 cm³/mol. The van der Waals surface area contributed by atoms with Crippen LogP contribution in [0.25, 0.3) is 0 Å². The molecule has 0 radical (unpaired) electrons. The van der Waals surface area contributed by atoms with E-state index in [0.29, 0.717) is 17.6 Å². The Morgan fingerprint density at radius 2 is 2.33 bits per heavy atom. The van der Waals surface area contributed by atoms with Crippen molar-refractivity contribution in [3.63, 3.8) is 0 Å². The lowest BCUT2D eigenvalue weighted by Crippen LogP contribution is -2.30. The van der Waals surface area contributed by atoms with Gasteiger partial charge in [0.25, 0.3) is 0 Å². The Kier molecular flexibility index (Phi) is 2.03. The summed E-state index contributed by atoms with van der Waals surface area (Å²) in [5, 5.41) is 0. The number of Topliss-reactive ketones (excluding diaryl/α,β-unsaturated/α-hetero) is 1. The van der Waals surface area contributed by atoms with Crippen LogP contribution in [0, 0.1) is 11.8 Å². The third-order valence-corrected chi connectivity index (χ3v) is 3.29. The van der Waals surface area contributed by atoms with Crippen molar-refractivity contribution in [2.24, 2.45) is 11.8 Å². The van der Waals surface area contributed by atoms with Gasteiger partial charge in [0.2, 0.25) is 0 Å². The zero-order chi connectivity index (χ0) is 8.55. The first-order valence-electron chi connectivity index (χ1n) is 4.95. The normalized spacial score (nSPS) is 35.8. The van der Waals surface area contributed by atoms with Crippen LogP contribution in [0.1, 0.15) is 39.0 Å². The molecule has 2 aliphatic carbocycles. The average Bonchev–Trinajstić information content (AvgIpc) is 2.04. The molecule has 0 bridgehead atoms. The Labute approximate surface area is 73.8 Å². The Balaban J connectivity index is 2.14. The molecule has 12 heavy (non-hydrogen) atoms. The number of allylic oxidation sites excluding steroid dienone is 2. The molecule has 1 nitrogen and oxygen atoms in total. The van der Waals surface area contributed by atoms with Crippen LogP contribution in [0.15, 0.2) is 11.6 Å². The van der Waals surface area contributed by atoms with E-state index in [2.05, 4.69) is 13.0 Å². The van der Waals surface area contributed by atoms with E-state index >= 15 is 0 Å². The van der Waals surface area contributed by atoms with Gasteiger partial charge >= 0.3 is 0 Å². The molecule has 1 heteroatoms. The molecule has 0 heterocycles. The Hall–Kier alpha value is -0.590. The van der Waals surface area contributed by atoms with Gasteiger partial charge in [-0.3, -0.25) is 4.79 Å². The Morgan fingerprint density at radius 1 is 1.50 bits per heavy atom. The molecular formula is C11H16O. The van der Waals surface area contributed by atoms with Crippen molar-refractivity contribution in [3.05, 3.63) is 11.6 Å². The minimum absolute atomic E-state index is 0.391. The highest BCUT2D eigenvalue weighted by Crippen LogP contribution is 2.37. The fraction of sp³-hybridized carbons (Fsp3) is 0.727. The van der Waals surface area contributed by atoms with E-state index in [-0.39, 0.29) is 0 Å². The maximum atomic E-state index is 11.5. The smallest absolute Gasteiger partial charge is 0.136 e. The SMILES string of the molecule is CC1=CCC2C(=O)CCCC2C1. The fourth-order valence-electron chi connectivity index (χ4n) is 2.58. The summed E-state index contributed by atoms with van der Waals surface area (Å²) in [5.41, 5.74) is 1.49. The number of ketones is 1. The molecule has 2 aliphatic rings. The van der Waals surface area contributed by atoms with Crippen LogP contribution >= 0.6 is 0 Å². The molecule has 2 atom stereocenters. The lowest BCUT2D eigenvalue weighted by atomic mass is 9.71. The third kappa shape index (κ3) is 1.33. The molecule has 0 saturated heterocycles. The van der Waals surface area contributed by atoms with Crippen LogP contribution in [0.2, 0.25) is 0 Å². The third-order valence-electron chi connectivity index (χ3n) is 3.29. The first-order valence-corrected chi connectivity index (χ1v) is 4.95. The van der Waals surface area contributed by atoms with Gasteiger partial charge in [0, 0.05) is 12.3 Å². The Morgan fingerprint density at radius 3 is 3.17 bits per heavy atom. The molecule has 0 aromatic carbocycles. The summed E-state index contributed by atoms with van der Waals surface area (Å²) in [6, 6.07) is 0. The van der Waals surface area contributed by atoms with Crippen molar-refractivity contribution in [1.29, 1.82) is 0 Å². The maximum Gasteiger partial charge on any atom is 0.136 e. The molecule has 0 aromatic heterocycles. The highest BCUT2D eigenvalue weighted by Gasteiger charge is 2.32. The highest BCUT2D eigenvalue weighted by molar-refractivity contribution is 5.82. The van der Waals surface area contributed by atoms with Gasteiger partial charge in [-0.15, -0.1) is 0 Å². The molecule has 66 valence electrons. The highest BCUT2D eigenvalue weighted by atomic mass is 16.1. The lowest BCUT2D eigenvalue weighted by molar-refractivity contribution is -0.126. The quantitative estimate of drug-likeness (QED) is 0.503. The van der Waals surface area contributed by atoms with Crippen LogP contribution in [0.3, 0.4) is 0 Å². The number of rotatable bonds is 0. The second kappa shape index (κ2) is 3.04. The summed E-state index contributed by atoms with van der Waals surface area (Å²) in [6.07, 6.45) is 7.71. The van der Waals surface area contributed by atoms with Crippen molar-refractivity contribution in [1.82, 2.24) is 0 Å². The molecule has 2 unspecified atom stereocenters. The number of hydrogen-bond acceptors (Lipinski definition) is 1. The largest absolute Gasteiger partial charge is 0.299 e. The van der Waals surface area contributed by atoms with Gasteiger partial charge in [-0.1, -0.05) is 11.6 Å². The second-order valence-electron chi connectivity index (χ2n) is 4.22. The Bertz CT molecular complexity index is 227. The molecule has 2 rings (SSSR count). The fourth-order valence-corrected chi connectivity index (χ4v) is 2.58. The summed E-state index contributed by atoms with van der Waals surface area (Å²) in [7, 11) is 0.